The van der Waals surface area contributed by atoms with Crippen LogP contribution in [0.5, 0.6) is 5.75 Å². The van der Waals surface area contributed by atoms with Crippen molar-refractivity contribution in [2.75, 3.05) is 11.9 Å². The Kier molecular flexibility index (Phi) is 5.96. The molecule has 28 heavy (non-hydrogen) atoms. The van der Waals surface area contributed by atoms with Crippen molar-refractivity contribution in [3.8, 4) is 5.75 Å². The van der Waals surface area contributed by atoms with Gasteiger partial charge in [-0.2, -0.15) is 13.2 Å². The fraction of sp³-hybridized carbons (Fsp3) is 0.444. The minimum Gasteiger partial charge on any atom is -0.491 e. The van der Waals surface area contributed by atoms with E-state index in [1.54, 1.807) is 12.1 Å². The number of pyridine rings is 1. The van der Waals surface area contributed by atoms with Crippen LogP contribution < -0.4 is 15.4 Å². The number of hydrogen-bond acceptors (Lipinski definition) is 6. The van der Waals surface area contributed by atoms with Gasteiger partial charge in [0, 0.05) is 18.3 Å². The average molecular weight is 395 g/mol. The van der Waals surface area contributed by atoms with Gasteiger partial charge in [-0.1, -0.05) is 0 Å². The second kappa shape index (κ2) is 8.41. The zero-order valence-corrected chi connectivity index (χ0v) is 15.2. The van der Waals surface area contributed by atoms with E-state index in [1.165, 1.54) is 6.20 Å². The van der Waals surface area contributed by atoms with Crippen LogP contribution in [0.25, 0.3) is 0 Å². The molecule has 1 aliphatic carbocycles. The van der Waals surface area contributed by atoms with Gasteiger partial charge in [0.15, 0.2) is 17.1 Å². The lowest BCUT2D eigenvalue weighted by atomic mass is 10.1. The molecule has 1 saturated carbocycles. The van der Waals surface area contributed by atoms with Gasteiger partial charge < -0.3 is 15.4 Å². The van der Waals surface area contributed by atoms with Crippen LogP contribution in [0, 0.1) is 0 Å². The third-order valence-electron chi connectivity index (χ3n) is 4.39. The molecule has 0 saturated heterocycles. The molecule has 10 heteroatoms. The van der Waals surface area contributed by atoms with Crippen molar-refractivity contribution >= 4 is 11.7 Å². The standard InChI is InChI=1S/C18H20F3N5O2/c1-2-28-13-7-4-8-22-16(13)17(27)26-12-6-3-5-11(12)25-15-10-23-14(9-24-15)18(19,20)21/h4,7-12H,2-3,5-6H2,1H3,(H,24,25)(H,26,27)/t11-,12?/m0/s1. The third-order valence-corrected chi connectivity index (χ3v) is 4.39. The van der Waals surface area contributed by atoms with E-state index < -0.39 is 11.9 Å². The van der Waals surface area contributed by atoms with Gasteiger partial charge in [0.25, 0.3) is 5.91 Å². The average Bonchev–Trinajstić information content (AvgIpc) is 3.09. The number of hydrogen-bond donors (Lipinski definition) is 2. The summed E-state index contributed by atoms with van der Waals surface area (Å²) in [6, 6.07) is 2.97. The maximum Gasteiger partial charge on any atom is 0.434 e. The van der Waals surface area contributed by atoms with E-state index >= 15 is 0 Å². The molecule has 1 unspecified atom stereocenters. The van der Waals surface area contributed by atoms with Crippen molar-refractivity contribution in [2.24, 2.45) is 0 Å². The van der Waals surface area contributed by atoms with Gasteiger partial charge in [-0.05, 0) is 38.3 Å². The number of carbonyl (C=O) groups is 1. The van der Waals surface area contributed by atoms with Crippen LogP contribution in [0.1, 0.15) is 42.4 Å². The summed E-state index contributed by atoms with van der Waals surface area (Å²) in [5.41, 5.74) is -0.850. The smallest absolute Gasteiger partial charge is 0.434 e. The van der Waals surface area contributed by atoms with Crippen molar-refractivity contribution in [3.05, 3.63) is 42.1 Å². The normalized spacial score (nSPS) is 19.3. The summed E-state index contributed by atoms with van der Waals surface area (Å²) in [7, 11) is 0. The second-order valence-electron chi connectivity index (χ2n) is 6.33. The SMILES string of the molecule is CCOc1cccnc1C(=O)NC1CCC[C@@H]1Nc1cnc(C(F)(F)F)cn1. The van der Waals surface area contributed by atoms with Crippen LogP contribution in [0.4, 0.5) is 19.0 Å². The number of alkyl halides is 3. The molecule has 1 fully saturated rings. The van der Waals surface area contributed by atoms with E-state index in [9.17, 15) is 18.0 Å². The van der Waals surface area contributed by atoms with Crippen molar-refractivity contribution in [3.63, 3.8) is 0 Å². The number of anilines is 1. The Labute approximate surface area is 159 Å². The van der Waals surface area contributed by atoms with Gasteiger partial charge in [-0.3, -0.25) is 4.79 Å². The topological polar surface area (TPSA) is 89.0 Å². The quantitative estimate of drug-likeness (QED) is 0.782. The number of carbonyl (C=O) groups excluding carboxylic acids is 1. The van der Waals surface area contributed by atoms with Crippen LogP contribution in [0.2, 0.25) is 0 Å². The van der Waals surface area contributed by atoms with Gasteiger partial charge in [0.05, 0.1) is 19.0 Å². The summed E-state index contributed by atoms with van der Waals surface area (Å²) < 4.78 is 43.2. The fourth-order valence-electron chi connectivity index (χ4n) is 3.11. The Hall–Kier alpha value is -2.91. The highest BCUT2D eigenvalue weighted by molar-refractivity contribution is 5.95. The highest BCUT2D eigenvalue weighted by Gasteiger charge is 2.33. The number of ether oxygens (including phenoxy) is 1. The number of nitrogens with zero attached hydrogens (tertiary/aromatic N) is 3. The zero-order chi connectivity index (χ0) is 20.1. The first-order valence-electron chi connectivity index (χ1n) is 8.93. The molecule has 2 aromatic heterocycles. The fourth-order valence-corrected chi connectivity index (χ4v) is 3.11. The number of rotatable bonds is 6. The Morgan fingerprint density at radius 1 is 1.21 bits per heavy atom. The molecule has 3 rings (SSSR count). The Morgan fingerprint density at radius 2 is 2.00 bits per heavy atom. The molecule has 7 nitrogen and oxygen atoms in total. The maximum atomic E-state index is 12.6. The monoisotopic (exact) mass is 395 g/mol. The first-order chi connectivity index (χ1) is 13.4. The number of halogens is 3. The van der Waals surface area contributed by atoms with Gasteiger partial charge in [0.1, 0.15) is 5.82 Å². The van der Waals surface area contributed by atoms with Gasteiger partial charge in [0.2, 0.25) is 0 Å². The van der Waals surface area contributed by atoms with Crippen molar-refractivity contribution in [2.45, 2.75) is 44.4 Å². The van der Waals surface area contributed by atoms with Crippen molar-refractivity contribution < 1.29 is 22.7 Å². The van der Waals surface area contributed by atoms with E-state index in [4.69, 9.17) is 4.74 Å². The number of amides is 1. The molecule has 0 aromatic carbocycles. The molecule has 2 atom stereocenters. The molecule has 2 heterocycles. The Bertz CT molecular complexity index is 814. The first kappa shape index (κ1) is 19.8. The summed E-state index contributed by atoms with van der Waals surface area (Å²) in [6.07, 6.45) is 1.05. The van der Waals surface area contributed by atoms with E-state index in [-0.39, 0.29) is 29.5 Å². The minimum absolute atomic E-state index is 0.172. The van der Waals surface area contributed by atoms with Gasteiger partial charge in [-0.15, -0.1) is 0 Å². The molecule has 150 valence electrons. The second-order valence-corrected chi connectivity index (χ2v) is 6.33. The molecule has 2 aromatic rings. The molecule has 1 amide bonds. The highest BCUT2D eigenvalue weighted by atomic mass is 19.4. The Balaban J connectivity index is 1.66. The summed E-state index contributed by atoms with van der Waals surface area (Å²) in [6.45, 7) is 2.23. The zero-order valence-electron chi connectivity index (χ0n) is 15.2. The lowest BCUT2D eigenvalue weighted by Gasteiger charge is -2.23. The highest BCUT2D eigenvalue weighted by Crippen LogP contribution is 2.28. The molecule has 2 N–H and O–H groups in total. The summed E-state index contributed by atoms with van der Waals surface area (Å²) in [5, 5.41) is 5.99. The predicted molar refractivity (Wildman–Crippen MR) is 95.0 cm³/mol. The van der Waals surface area contributed by atoms with E-state index in [2.05, 4.69) is 25.6 Å². The number of aromatic nitrogens is 3. The first-order valence-corrected chi connectivity index (χ1v) is 8.93. The third kappa shape index (κ3) is 4.68. The maximum absolute atomic E-state index is 12.6. The van der Waals surface area contributed by atoms with Gasteiger partial charge in [-0.25, -0.2) is 15.0 Å². The molecular formula is C18H20F3N5O2. The van der Waals surface area contributed by atoms with Crippen LogP contribution in [-0.4, -0.2) is 39.5 Å². The molecule has 0 aliphatic heterocycles. The molecule has 1 aliphatic rings. The van der Waals surface area contributed by atoms with Crippen LogP contribution in [-0.2, 0) is 6.18 Å². The minimum atomic E-state index is -4.53. The van der Waals surface area contributed by atoms with Crippen LogP contribution >= 0.6 is 0 Å². The van der Waals surface area contributed by atoms with Crippen molar-refractivity contribution in [1.29, 1.82) is 0 Å². The van der Waals surface area contributed by atoms with E-state index in [0.29, 0.717) is 18.6 Å². The lowest BCUT2D eigenvalue weighted by Crippen LogP contribution is -2.43. The summed E-state index contributed by atoms with van der Waals surface area (Å²) in [4.78, 5) is 23.9. The number of nitrogens with one attached hydrogen (secondary N) is 2. The van der Waals surface area contributed by atoms with E-state index in [0.717, 1.165) is 25.5 Å². The van der Waals surface area contributed by atoms with Gasteiger partial charge >= 0.3 is 6.18 Å². The van der Waals surface area contributed by atoms with Crippen molar-refractivity contribution in [1.82, 2.24) is 20.3 Å². The predicted octanol–water partition coefficient (Wildman–Crippen LogP) is 3.05. The summed E-state index contributed by atoms with van der Waals surface area (Å²) in [5.74, 6) is 0.270. The molecular weight excluding hydrogens is 375 g/mol. The van der Waals surface area contributed by atoms with E-state index in [1.807, 2.05) is 6.92 Å². The Morgan fingerprint density at radius 3 is 2.68 bits per heavy atom. The largest absolute Gasteiger partial charge is 0.491 e. The van der Waals surface area contributed by atoms with Crippen LogP contribution in [0.15, 0.2) is 30.7 Å². The molecule has 0 radical (unpaired) electrons. The molecule has 0 spiro atoms. The lowest BCUT2D eigenvalue weighted by molar-refractivity contribution is -0.141. The molecule has 0 bridgehead atoms. The summed E-state index contributed by atoms with van der Waals surface area (Å²) >= 11 is 0. The van der Waals surface area contributed by atoms with Crippen LogP contribution in [0.3, 0.4) is 0 Å².